The van der Waals surface area contributed by atoms with Crippen molar-refractivity contribution in [2.75, 3.05) is 25.5 Å². The molecule has 0 bridgehead atoms. The Morgan fingerprint density at radius 3 is 2.45 bits per heavy atom. The molecule has 0 radical (unpaired) electrons. The molecule has 2 N–H and O–H groups in total. The van der Waals surface area contributed by atoms with Crippen molar-refractivity contribution < 1.29 is 9.90 Å². The fraction of sp³-hybridized carbons (Fsp3) is 0.500. The molecule has 0 spiro atoms. The van der Waals surface area contributed by atoms with Crippen molar-refractivity contribution in [3.8, 4) is 0 Å². The Balaban J connectivity index is 2.59. The highest BCUT2D eigenvalue weighted by atomic mass is 79.9. The first-order valence-electron chi connectivity index (χ1n) is 6.41. The Hall–Kier alpha value is -0.430. The second-order valence-electron chi connectivity index (χ2n) is 5.03. The number of amides is 1. The van der Waals surface area contributed by atoms with Crippen LogP contribution in [-0.4, -0.2) is 42.2 Å². The summed E-state index contributed by atoms with van der Waals surface area (Å²) < 4.78 is 1.70. The van der Waals surface area contributed by atoms with E-state index in [0.29, 0.717) is 19.5 Å². The lowest BCUT2D eigenvalue weighted by Crippen LogP contribution is -2.32. The van der Waals surface area contributed by atoms with Gasteiger partial charge < -0.3 is 10.4 Å². The zero-order chi connectivity index (χ0) is 15.3. The van der Waals surface area contributed by atoms with Crippen LogP contribution in [0.5, 0.6) is 0 Å². The fourth-order valence-corrected chi connectivity index (χ4v) is 3.34. The predicted molar refractivity (Wildman–Crippen MR) is 89.0 cm³/mol. The number of carbonyl (C=O) groups excluding carboxylic acids is 1. The van der Waals surface area contributed by atoms with Gasteiger partial charge in [-0.15, -0.1) is 0 Å². The van der Waals surface area contributed by atoms with E-state index in [4.69, 9.17) is 0 Å². The van der Waals surface area contributed by atoms with Crippen LogP contribution in [0.4, 0.5) is 5.69 Å². The van der Waals surface area contributed by atoms with Crippen molar-refractivity contribution in [1.29, 1.82) is 0 Å². The molecule has 0 saturated carbocycles. The van der Waals surface area contributed by atoms with E-state index in [1.54, 1.807) is 6.92 Å². The molecule has 1 atom stereocenters. The maximum atomic E-state index is 12.0. The van der Waals surface area contributed by atoms with Gasteiger partial charge in [0.05, 0.1) is 18.3 Å². The summed E-state index contributed by atoms with van der Waals surface area (Å²) in [6, 6.07) is 3.91. The highest BCUT2D eigenvalue weighted by molar-refractivity contribution is 9.11. The Morgan fingerprint density at radius 2 is 1.95 bits per heavy atom. The third-order valence-corrected chi connectivity index (χ3v) is 4.04. The number of aryl methyl sites for hydroxylation is 1. The van der Waals surface area contributed by atoms with Crippen LogP contribution in [0.2, 0.25) is 0 Å². The molecule has 0 aliphatic rings. The smallest absolute Gasteiger partial charge is 0.238 e. The molecule has 0 saturated heterocycles. The van der Waals surface area contributed by atoms with E-state index in [2.05, 4.69) is 37.2 Å². The molecule has 0 aliphatic heterocycles. The summed E-state index contributed by atoms with van der Waals surface area (Å²) in [6.07, 6.45) is 0.308. The Kier molecular flexibility index (Phi) is 7.15. The minimum Gasteiger partial charge on any atom is -0.393 e. The number of rotatable bonds is 6. The lowest BCUT2D eigenvalue weighted by Gasteiger charge is -2.18. The molecular formula is C14H20Br2N2O2. The van der Waals surface area contributed by atoms with Gasteiger partial charge in [0.1, 0.15) is 0 Å². The van der Waals surface area contributed by atoms with Crippen molar-refractivity contribution in [3.63, 3.8) is 0 Å². The number of benzene rings is 1. The van der Waals surface area contributed by atoms with Crippen LogP contribution in [0.25, 0.3) is 0 Å². The average Bonchev–Trinajstić information content (AvgIpc) is 2.31. The molecule has 1 aromatic rings. The summed E-state index contributed by atoms with van der Waals surface area (Å²) in [4.78, 5) is 13.9. The molecule has 6 heteroatoms. The lowest BCUT2D eigenvalue weighted by atomic mass is 10.2. The van der Waals surface area contributed by atoms with E-state index in [1.807, 2.05) is 31.0 Å². The number of aliphatic hydroxyl groups is 1. The molecule has 0 aliphatic carbocycles. The summed E-state index contributed by atoms with van der Waals surface area (Å²) in [6.45, 7) is 4.71. The average molecular weight is 408 g/mol. The zero-order valence-electron chi connectivity index (χ0n) is 11.9. The molecule has 4 nitrogen and oxygen atoms in total. The topological polar surface area (TPSA) is 52.6 Å². The van der Waals surface area contributed by atoms with Gasteiger partial charge in [-0.2, -0.15) is 0 Å². The number of likely N-dealkylation sites (N-methyl/N-ethyl adjacent to an activating group) is 1. The molecule has 0 fully saturated rings. The van der Waals surface area contributed by atoms with E-state index in [-0.39, 0.29) is 12.0 Å². The van der Waals surface area contributed by atoms with E-state index >= 15 is 0 Å². The number of nitrogens with one attached hydrogen (secondary N) is 1. The van der Waals surface area contributed by atoms with Crippen LogP contribution in [-0.2, 0) is 4.79 Å². The summed E-state index contributed by atoms with van der Waals surface area (Å²) >= 11 is 6.90. The first kappa shape index (κ1) is 17.6. The van der Waals surface area contributed by atoms with Crippen LogP contribution in [0, 0.1) is 6.92 Å². The molecular weight excluding hydrogens is 388 g/mol. The van der Waals surface area contributed by atoms with Crippen LogP contribution in [0.15, 0.2) is 21.1 Å². The molecule has 0 aromatic heterocycles. The fourth-order valence-electron chi connectivity index (χ4n) is 1.73. The van der Waals surface area contributed by atoms with E-state index in [1.165, 1.54) is 0 Å². The monoisotopic (exact) mass is 406 g/mol. The second kappa shape index (κ2) is 8.12. The van der Waals surface area contributed by atoms with Crippen molar-refractivity contribution >= 4 is 43.5 Å². The Bertz CT molecular complexity index is 455. The summed E-state index contributed by atoms with van der Waals surface area (Å²) in [7, 11) is 1.86. The van der Waals surface area contributed by atoms with Gasteiger partial charge in [0.25, 0.3) is 0 Å². The molecule has 112 valence electrons. The van der Waals surface area contributed by atoms with Gasteiger partial charge in [-0.25, -0.2) is 0 Å². The summed E-state index contributed by atoms with van der Waals surface area (Å²) in [5, 5.41) is 12.1. The van der Waals surface area contributed by atoms with Crippen LogP contribution in [0.1, 0.15) is 18.9 Å². The number of carbonyl (C=O) groups is 1. The van der Waals surface area contributed by atoms with E-state index in [9.17, 15) is 9.90 Å². The highest BCUT2D eigenvalue weighted by Crippen LogP contribution is 2.32. The van der Waals surface area contributed by atoms with Gasteiger partial charge in [0.15, 0.2) is 0 Å². The van der Waals surface area contributed by atoms with Gasteiger partial charge >= 0.3 is 0 Å². The number of halogens is 2. The molecule has 1 unspecified atom stereocenters. The van der Waals surface area contributed by atoms with Gasteiger partial charge in [0, 0.05) is 15.5 Å². The molecule has 1 aromatic carbocycles. The normalized spacial score (nSPS) is 12.6. The van der Waals surface area contributed by atoms with Crippen LogP contribution < -0.4 is 5.32 Å². The van der Waals surface area contributed by atoms with Crippen molar-refractivity contribution in [3.05, 3.63) is 26.6 Å². The van der Waals surface area contributed by atoms with Crippen molar-refractivity contribution in [2.24, 2.45) is 0 Å². The number of anilines is 1. The van der Waals surface area contributed by atoms with Crippen LogP contribution >= 0.6 is 31.9 Å². The number of hydrogen-bond acceptors (Lipinski definition) is 3. The SMILES string of the molecule is Cc1cc(Br)c(NC(=O)CN(C)CCC(C)O)c(Br)c1. The maximum Gasteiger partial charge on any atom is 0.238 e. The Morgan fingerprint density at radius 1 is 1.40 bits per heavy atom. The standard InChI is InChI=1S/C14H20Br2N2O2/c1-9-6-11(15)14(12(16)7-9)17-13(20)8-18(3)5-4-10(2)19/h6-7,10,19H,4-5,8H2,1-3H3,(H,17,20). The van der Waals surface area contributed by atoms with Gasteiger partial charge in [-0.3, -0.25) is 9.69 Å². The number of nitrogens with zero attached hydrogens (tertiary/aromatic N) is 1. The molecule has 1 amide bonds. The lowest BCUT2D eigenvalue weighted by molar-refractivity contribution is -0.117. The van der Waals surface area contributed by atoms with Crippen LogP contribution in [0.3, 0.4) is 0 Å². The molecule has 0 heterocycles. The second-order valence-corrected chi connectivity index (χ2v) is 6.74. The van der Waals surface area contributed by atoms with Gasteiger partial charge in [-0.1, -0.05) is 0 Å². The van der Waals surface area contributed by atoms with Crippen molar-refractivity contribution in [2.45, 2.75) is 26.4 Å². The molecule has 1 rings (SSSR count). The van der Waals surface area contributed by atoms with E-state index in [0.717, 1.165) is 20.2 Å². The third kappa shape index (κ3) is 5.91. The summed E-state index contributed by atoms with van der Waals surface area (Å²) in [5.41, 5.74) is 1.85. The third-order valence-electron chi connectivity index (χ3n) is 2.79. The largest absolute Gasteiger partial charge is 0.393 e. The zero-order valence-corrected chi connectivity index (χ0v) is 15.1. The minimum atomic E-state index is -0.346. The first-order chi connectivity index (χ1) is 9.29. The molecule has 20 heavy (non-hydrogen) atoms. The van der Waals surface area contributed by atoms with Gasteiger partial charge in [0.2, 0.25) is 5.91 Å². The highest BCUT2D eigenvalue weighted by Gasteiger charge is 2.12. The first-order valence-corrected chi connectivity index (χ1v) is 8.00. The quantitative estimate of drug-likeness (QED) is 0.761. The van der Waals surface area contributed by atoms with Crippen molar-refractivity contribution in [1.82, 2.24) is 4.90 Å². The number of hydrogen-bond donors (Lipinski definition) is 2. The minimum absolute atomic E-state index is 0.0802. The predicted octanol–water partition coefficient (Wildman–Crippen LogP) is 3.16. The summed E-state index contributed by atoms with van der Waals surface area (Å²) in [5.74, 6) is -0.0802. The Labute approximate surface area is 136 Å². The van der Waals surface area contributed by atoms with Gasteiger partial charge in [-0.05, 0) is 76.9 Å². The number of aliphatic hydroxyl groups excluding tert-OH is 1. The maximum absolute atomic E-state index is 12.0. The van der Waals surface area contributed by atoms with E-state index < -0.39 is 0 Å².